The Morgan fingerprint density at radius 2 is 2.42 bits per heavy atom. The fourth-order valence-electron chi connectivity index (χ4n) is 0.665. The van der Waals surface area contributed by atoms with Crippen LogP contribution in [0.25, 0.3) is 0 Å². The standard InChI is InChI=1S/C6H9N3O3/c1-4(10)2-12-3-5-7-6(11)9-8-5/h2-3H2,1H3,(H2,7,8,9,11). The van der Waals surface area contributed by atoms with Crippen molar-refractivity contribution in [1.82, 2.24) is 15.2 Å². The number of nitrogens with one attached hydrogen (secondary N) is 2. The number of hydrogen-bond donors (Lipinski definition) is 2. The first-order valence-electron chi connectivity index (χ1n) is 3.39. The van der Waals surface area contributed by atoms with Gasteiger partial charge in [-0.3, -0.25) is 9.78 Å². The molecule has 6 nitrogen and oxygen atoms in total. The van der Waals surface area contributed by atoms with E-state index in [1.54, 1.807) is 0 Å². The Kier molecular flexibility index (Phi) is 2.76. The minimum atomic E-state index is -0.378. The molecule has 0 amide bonds. The highest BCUT2D eigenvalue weighted by Gasteiger charge is 1.98. The Balaban J connectivity index is 2.33. The molecule has 1 aromatic heterocycles. The highest BCUT2D eigenvalue weighted by molar-refractivity contribution is 5.76. The highest BCUT2D eigenvalue weighted by Crippen LogP contribution is 1.87. The van der Waals surface area contributed by atoms with Gasteiger partial charge in [-0.1, -0.05) is 0 Å². The molecule has 0 atom stereocenters. The van der Waals surface area contributed by atoms with Crippen LogP contribution >= 0.6 is 0 Å². The van der Waals surface area contributed by atoms with Gasteiger partial charge in [0, 0.05) is 0 Å². The molecule has 12 heavy (non-hydrogen) atoms. The van der Waals surface area contributed by atoms with E-state index in [0.29, 0.717) is 5.82 Å². The normalized spacial score (nSPS) is 10.1. The molecular formula is C6H9N3O3. The van der Waals surface area contributed by atoms with Crippen LogP contribution in [0.5, 0.6) is 0 Å². The number of carbonyl (C=O) groups excluding carboxylic acids is 1. The van der Waals surface area contributed by atoms with Crippen molar-refractivity contribution >= 4 is 5.78 Å². The molecule has 0 saturated heterocycles. The lowest BCUT2D eigenvalue weighted by atomic mass is 10.5. The second-order valence-corrected chi connectivity index (χ2v) is 2.32. The summed E-state index contributed by atoms with van der Waals surface area (Å²) in [7, 11) is 0. The summed E-state index contributed by atoms with van der Waals surface area (Å²) in [6.07, 6.45) is 0. The van der Waals surface area contributed by atoms with E-state index in [1.165, 1.54) is 6.92 Å². The lowest BCUT2D eigenvalue weighted by Gasteiger charge is -1.95. The molecule has 66 valence electrons. The van der Waals surface area contributed by atoms with Crippen LogP contribution in [0.1, 0.15) is 12.7 Å². The maximum absolute atomic E-state index is 10.5. The van der Waals surface area contributed by atoms with E-state index in [2.05, 4.69) is 15.2 Å². The zero-order chi connectivity index (χ0) is 8.97. The van der Waals surface area contributed by atoms with Gasteiger partial charge in [0.1, 0.15) is 13.2 Å². The van der Waals surface area contributed by atoms with Gasteiger partial charge in [-0.05, 0) is 6.92 Å². The summed E-state index contributed by atoms with van der Waals surface area (Å²) in [6.45, 7) is 1.60. The summed E-state index contributed by atoms with van der Waals surface area (Å²) in [5.74, 6) is 0.328. The molecule has 0 aliphatic carbocycles. The number of Topliss-reactive ketones (excluding diaryl/α,β-unsaturated/α-hetero) is 1. The zero-order valence-corrected chi connectivity index (χ0v) is 6.59. The third-order valence-corrected chi connectivity index (χ3v) is 1.09. The van der Waals surface area contributed by atoms with E-state index < -0.39 is 0 Å². The number of aromatic amines is 2. The molecule has 0 radical (unpaired) electrons. The summed E-state index contributed by atoms with van der Waals surface area (Å²) in [5.41, 5.74) is -0.378. The van der Waals surface area contributed by atoms with E-state index in [-0.39, 0.29) is 24.7 Å². The lowest BCUT2D eigenvalue weighted by Crippen LogP contribution is -2.05. The Bertz CT molecular complexity index is 314. The first-order valence-corrected chi connectivity index (χ1v) is 3.39. The predicted octanol–water partition coefficient (Wildman–Crippen LogP) is -0.796. The quantitative estimate of drug-likeness (QED) is 0.621. The number of hydrogen-bond acceptors (Lipinski definition) is 4. The SMILES string of the molecule is CC(=O)COCc1n[nH]c(=O)[nH]1. The van der Waals surface area contributed by atoms with Crippen LogP contribution in [0.2, 0.25) is 0 Å². The van der Waals surface area contributed by atoms with Crippen molar-refractivity contribution in [1.29, 1.82) is 0 Å². The van der Waals surface area contributed by atoms with Crippen LogP contribution in [0.4, 0.5) is 0 Å². The van der Waals surface area contributed by atoms with Crippen molar-refractivity contribution in [2.24, 2.45) is 0 Å². The van der Waals surface area contributed by atoms with E-state index in [4.69, 9.17) is 4.74 Å². The third kappa shape index (κ3) is 2.67. The van der Waals surface area contributed by atoms with Crippen molar-refractivity contribution < 1.29 is 9.53 Å². The molecule has 1 aromatic rings. The fraction of sp³-hybridized carbons (Fsp3) is 0.500. The molecule has 0 aliphatic heterocycles. The molecule has 1 heterocycles. The minimum absolute atomic E-state index is 0.0366. The van der Waals surface area contributed by atoms with Crippen LogP contribution in [0, 0.1) is 0 Å². The van der Waals surface area contributed by atoms with Crippen LogP contribution in [0.3, 0.4) is 0 Å². The van der Waals surface area contributed by atoms with E-state index >= 15 is 0 Å². The zero-order valence-electron chi connectivity index (χ0n) is 6.59. The monoisotopic (exact) mass is 171 g/mol. The summed E-state index contributed by atoms with van der Waals surface area (Å²) < 4.78 is 4.89. The molecule has 0 bridgehead atoms. The van der Waals surface area contributed by atoms with Crippen molar-refractivity contribution in [3.8, 4) is 0 Å². The van der Waals surface area contributed by atoms with Crippen LogP contribution in [-0.2, 0) is 16.1 Å². The second-order valence-electron chi connectivity index (χ2n) is 2.32. The second kappa shape index (κ2) is 3.82. The minimum Gasteiger partial charge on any atom is -0.366 e. The Morgan fingerprint density at radius 3 is 2.92 bits per heavy atom. The van der Waals surface area contributed by atoms with Gasteiger partial charge in [-0.2, -0.15) is 5.10 Å². The summed E-state index contributed by atoms with van der Waals surface area (Å²) in [5, 5.41) is 5.76. The molecule has 1 rings (SSSR count). The van der Waals surface area contributed by atoms with Gasteiger partial charge >= 0.3 is 5.69 Å². The molecule has 0 aromatic carbocycles. The summed E-state index contributed by atoms with van der Waals surface area (Å²) in [6, 6.07) is 0. The average molecular weight is 171 g/mol. The van der Waals surface area contributed by atoms with Gasteiger partial charge in [0.25, 0.3) is 0 Å². The van der Waals surface area contributed by atoms with Gasteiger partial charge in [0.05, 0.1) is 0 Å². The van der Waals surface area contributed by atoms with Gasteiger partial charge in [-0.15, -0.1) is 0 Å². The Morgan fingerprint density at radius 1 is 1.67 bits per heavy atom. The largest absolute Gasteiger partial charge is 0.366 e. The molecule has 0 saturated carbocycles. The van der Waals surface area contributed by atoms with Crippen molar-refractivity contribution in [2.75, 3.05) is 6.61 Å². The van der Waals surface area contributed by atoms with Crippen molar-refractivity contribution in [3.05, 3.63) is 16.3 Å². The summed E-state index contributed by atoms with van der Waals surface area (Å²) in [4.78, 5) is 23.3. The van der Waals surface area contributed by atoms with Crippen LogP contribution in [-0.4, -0.2) is 27.6 Å². The topological polar surface area (TPSA) is 87.8 Å². The predicted molar refractivity (Wildman–Crippen MR) is 39.5 cm³/mol. The van der Waals surface area contributed by atoms with Gasteiger partial charge in [0.15, 0.2) is 11.6 Å². The number of carbonyl (C=O) groups is 1. The van der Waals surface area contributed by atoms with Crippen molar-refractivity contribution in [2.45, 2.75) is 13.5 Å². The summed E-state index contributed by atoms with van der Waals surface area (Å²) >= 11 is 0. The van der Waals surface area contributed by atoms with Gasteiger partial charge < -0.3 is 4.74 Å². The van der Waals surface area contributed by atoms with E-state index in [1.807, 2.05) is 0 Å². The molecule has 0 unspecified atom stereocenters. The average Bonchev–Trinajstić information content (AvgIpc) is 2.35. The van der Waals surface area contributed by atoms with Crippen LogP contribution < -0.4 is 5.69 Å². The molecule has 2 N–H and O–H groups in total. The van der Waals surface area contributed by atoms with Crippen molar-refractivity contribution in [3.63, 3.8) is 0 Å². The van der Waals surface area contributed by atoms with Crippen LogP contribution in [0.15, 0.2) is 4.79 Å². The van der Waals surface area contributed by atoms with Gasteiger partial charge in [0.2, 0.25) is 0 Å². The fourth-order valence-corrected chi connectivity index (χ4v) is 0.665. The smallest absolute Gasteiger partial charge is 0.340 e. The van der Waals surface area contributed by atoms with E-state index in [0.717, 1.165) is 0 Å². The first-order chi connectivity index (χ1) is 5.68. The Labute approximate surface area is 67.9 Å². The number of rotatable bonds is 4. The third-order valence-electron chi connectivity index (χ3n) is 1.09. The highest BCUT2D eigenvalue weighted by atomic mass is 16.5. The van der Waals surface area contributed by atoms with Gasteiger partial charge in [-0.25, -0.2) is 9.89 Å². The molecule has 6 heteroatoms. The Hall–Kier alpha value is -1.43. The maximum Gasteiger partial charge on any atom is 0.340 e. The number of H-pyrrole nitrogens is 2. The lowest BCUT2D eigenvalue weighted by molar-refractivity contribution is -0.121. The molecule has 0 aliphatic rings. The van der Waals surface area contributed by atoms with E-state index in [9.17, 15) is 9.59 Å². The number of ether oxygens (including phenoxy) is 1. The molecule has 0 spiro atoms. The first kappa shape index (κ1) is 8.66. The number of aromatic nitrogens is 3. The number of ketones is 1. The maximum atomic E-state index is 10.5. The molecule has 0 fully saturated rings. The number of nitrogens with zero attached hydrogens (tertiary/aromatic N) is 1. The molecular weight excluding hydrogens is 162 g/mol.